The molecular weight excluding hydrogens is 314 g/mol. The number of aryl methyl sites for hydroxylation is 1. The Kier molecular flexibility index (Phi) is 3.20. The Balaban J connectivity index is 1.73. The number of fused-ring (bicyclic) bond motifs is 1. The maximum absolute atomic E-state index is 5.97. The quantitative estimate of drug-likeness (QED) is 0.501. The summed E-state index contributed by atoms with van der Waals surface area (Å²) in [4.78, 5) is 16.2. The van der Waals surface area contributed by atoms with E-state index in [0.717, 1.165) is 16.7 Å². The number of anilines is 2. The number of H-pyrrole nitrogens is 2. The molecule has 0 aliphatic heterocycles. The number of nitrogens with zero attached hydrogens (tertiary/aromatic N) is 4. The molecule has 1 aromatic carbocycles. The van der Waals surface area contributed by atoms with Gasteiger partial charge in [-0.3, -0.25) is 5.10 Å². The van der Waals surface area contributed by atoms with Crippen LogP contribution < -0.4 is 5.32 Å². The lowest BCUT2D eigenvalue weighted by Crippen LogP contribution is -1.98. The second kappa shape index (κ2) is 5.36. The summed E-state index contributed by atoms with van der Waals surface area (Å²) in [7, 11) is 0. The number of benzene rings is 1. The zero-order valence-corrected chi connectivity index (χ0v) is 12.9. The standard InChI is InChI=1S/C15H12ClN7/c1-8-18-12(16)6-13(19-8)20-11-7-17-23-14(11)15-21-9-4-2-3-5-10(9)22-15/h2-7H,1H3,(H,17,23)(H,21,22)(H,18,19,20). The van der Waals surface area contributed by atoms with Gasteiger partial charge in [-0.25, -0.2) is 15.0 Å². The average Bonchev–Trinajstić information content (AvgIpc) is 3.11. The number of halogens is 1. The van der Waals surface area contributed by atoms with E-state index < -0.39 is 0 Å². The summed E-state index contributed by atoms with van der Waals surface area (Å²) in [6.07, 6.45) is 1.74. The van der Waals surface area contributed by atoms with E-state index in [1.54, 1.807) is 19.2 Å². The molecule has 0 bridgehead atoms. The predicted octanol–water partition coefficient (Wildman–Crippen LogP) is 3.45. The third-order valence-corrected chi connectivity index (χ3v) is 3.52. The highest BCUT2D eigenvalue weighted by Gasteiger charge is 2.14. The molecule has 8 heteroatoms. The predicted molar refractivity (Wildman–Crippen MR) is 88.7 cm³/mol. The van der Waals surface area contributed by atoms with Gasteiger partial charge in [-0.15, -0.1) is 0 Å². The molecule has 0 saturated carbocycles. The van der Waals surface area contributed by atoms with E-state index in [4.69, 9.17) is 11.6 Å². The molecule has 0 atom stereocenters. The summed E-state index contributed by atoms with van der Waals surface area (Å²) < 4.78 is 0. The van der Waals surface area contributed by atoms with Crippen LogP contribution in [-0.2, 0) is 0 Å². The number of hydrogen-bond acceptors (Lipinski definition) is 5. The molecule has 0 aliphatic rings. The van der Waals surface area contributed by atoms with Gasteiger partial charge in [0.1, 0.15) is 16.8 Å². The molecule has 3 heterocycles. The largest absolute Gasteiger partial charge is 0.337 e. The fraction of sp³-hybridized carbons (Fsp3) is 0.0667. The van der Waals surface area contributed by atoms with Crippen molar-refractivity contribution in [1.29, 1.82) is 0 Å². The fourth-order valence-corrected chi connectivity index (χ4v) is 2.59. The van der Waals surface area contributed by atoms with Crippen LogP contribution in [0.25, 0.3) is 22.6 Å². The normalized spacial score (nSPS) is 11.0. The van der Waals surface area contributed by atoms with Crippen molar-refractivity contribution in [2.75, 3.05) is 5.32 Å². The smallest absolute Gasteiger partial charge is 0.161 e. The minimum absolute atomic E-state index is 0.383. The lowest BCUT2D eigenvalue weighted by Gasteiger charge is -2.05. The first-order valence-electron chi connectivity index (χ1n) is 6.96. The molecule has 0 saturated heterocycles. The van der Waals surface area contributed by atoms with E-state index in [2.05, 4.69) is 35.5 Å². The Labute approximate surface area is 136 Å². The van der Waals surface area contributed by atoms with Gasteiger partial charge in [0.05, 0.1) is 16.7 Å². The van der Waals surface area contributed by atoms with E-state index in [-0.39, 0.29) is 0 Å². The Bertz CT molecular complexity index is 935. The van der Waals surface area contributed by atoms with Crippen LogP contribution in [0, 0.1) is 6.92 Å². The van der Waals surface area contributed by atoms with Crippen molar-refractivity contribution in [2.24, 2.45) is 0 Å². The molecule has 0 unspecified atom stereocenters. The molecule has 7 nitrogen and oxygen atoms in total. The Morgan fingerprint density at radius 1 is 1.13 bits per heavy atom. The third-order valence-electron chi connectivity index (χ3n) is 3.32. The van der Waals surface area contributed by atoms with E-state index in [1.807, 2.05) is 24.3 Å². The minimum atomic E-state index is 0.383. The molecule has 23 heavy (non-hydrogen) atoms. The van der Waals surface area contributed by atoms with Crippen molar-refractivity contribution in [3.8, 4) is 11.5 Å². The Morgan fingerprint density at radius 3 is 2.83 bits per heavy atom. The van der Waals surface area contributed by atoms with E-state index in [9.17, 15) is 0 Å². The van der Waals surface area contributed by atoms with Crippen LogP contribution in [-0.4, -0.2) is 30.1 Å². The van der Waals surface area contributed by atoms with Crippen LogP contribution in [0.5, 0.6) is 0 Å². The molecule has 3 aromatic heterocycles. The van der Waals surface area contributed by atoms with Gasteiger partial charge < -0.3 is 10.3 Å². The van der Waals surface area contributed by atoms with Crippen molar-refractivity contribution in [1.82, 2.24) is 30.1 Å². The Hall–Kier alpha value is -2.93. The van der Waals surface area contributed by atoms with Crippen molar-refractivity contribution >= 4 is 34.1 Å². The molecule has 3 N–H and O–H groups in total. The lowest BCUT2D eigenvalue weighted by atomic mass is 10.3. The van der Waals surface area contributed by atoms with Crippen LogP contribution in [0.2, 0.25) is 5.15 Å². The number of aromatic amines is 2. The van der Waals surface area contributed by atoms with E-state index >= 15 is 0 Å². The molecule has 4 aromatic rings. The van der Waals surface area contributed by atoms with Crippen molar-refractivity contribution in [3.05, 3.63) is 47.5 Å². The fourth-order valence-electron chi connectivity index (χ4n) is 2.36. The van der Waals surface area contributed by atoms with Gasteiger partial charge in [-0.1, -0.05) is 23.7 Å². The summed E-state index contributed by atoms with van der Waals surface area (Å²) in [6, 6.07) is 9.48. The monoisotopic (exact) mass is 325 g/mol. The molecule has 0 amide bonds. The van der Waals surface area contributed by atoms with Gasteiger partial charge in [0.2, 0.25) is 0 Å². The summed E-state index contributed by atoms with van der Waals surface area (Å²) in [5.74, 6) is 1.86. The van der Waals surface area contributed by atoms with Gasteiger partial charge in [0.25, 0.3) is 0 Å². The summed E-state index contributed by atoms with van der Waals surface area (Å²) in [5, 5.41) is 10.7. The van der Waals surface area contributed by atoms with Crippen LogP contribution in [0.3, 0.4) is 0 Å². The van der Waals surface area contributed by atoms with Crippen LogP contribution in [0.15, 0.2) is 36.5 Å². The van der Waals surface area contributed by atoms with Gasteiger partial charge in [0.15, 0.2) is 11.5 Å². The third kappa shape index (κ3) is 2.62. The van der Waals surface area contributed by atoms with Gasteiger partial charge in [-0.05, 0) is 19.1 Å². The van der Waals surface area contributed by atoms with E-state index in [1.165, 1.54) is 0 Å². The number of imidazole rings is 1. The second-order valence-electron chi connectivity index (χ2n) is 5.00. The highest BCUT2D eigenvalue weighted by atomic mass is 35.5. The van der Waals surface area contributed by atoms with Crippen molar-refractivity contribution in [3.63, 3.8) is 0 Å². The average molecular weight is 326 g/mol. The minimum Gasteiger partial charge on any atom is -0.337 e. The molecule has 0 fully saturated rings. The number of para-hydroxylation sites is 2. The summed E-state index contributed by atoms with van der Waals surface area (Å²) in [6.45, 7) is 1.78. The highest BCUT2D eigenvalue weighted by molar-refractivity contribution is 6.29. The van der Waals surface area contributed by atoms with Crippen LogP contribution in [0.4, 0.5) is 11.5 Å². The molecule has 4 rings (SSSR count). The topological polar surface area (TPSA) is 95.2 Å². The van der Waals surface area contributed by atoms with Crippen molar-refractivity contribution in [2.45, 2.75) is 6.92 Å². The molecule has 114 valence electrons. The molecule has 0 aliphatic carbocycles. The number of hydrogen-bond donors (Lipinski definition) is 3. The van der Waals surface area contributed by atoms with Gasteiger partial charge in [0, 0.05) is 12.3 Å². The summed E-state index contributed by atoms with van der Waals surface area (Å²) >= 11 is 5.97. The first-order chi connectivity index (χ1) is 11.2. The number of aromatic nitrogens is 6. The SMILES string of the molecule is Cc1nc(Cl)cc(Nc2c[nH]nc2-c2nc3ccccc3[nH]2)n1. The Morgan fingerprint density at radius 2 is 2.00 bits per heavy atom. The zero-order chi connectivity index (χ0) is 15.8. The maximum atomic E-state index is 5.97. The highest BCUT2D eigenvalue weighted by Crippen LogP contribution is 2.27. The molecular formula is C15H12ClN7. The van der Waals surface area contributed by atoms with Crippen LogP contribution >= 0.6 is 11.6 Å². The molecule has 0 radical (unpaired) electrons. The first kappa shape index (κ1) is 13.7. The van der Waals surface area contributed by atoms with E-state index in [0.29, 0.717) is 28.3 Å². The first-order valence-corrected chi connectivity index (χ1v) is 7.34. The van der Waals surface area contributed by atoms with Crippen LogP contribution in [0.1, 0.15) is 5.82 Å². The maximum Gasteiger partial charge on any atom is 0.161 e. The van der Waals surface area contributed by atoms with Gasteiger partial charge >= 0.3 is 0 Å². The zero-order valence-electron chi connectivity index (χ0n) is 12.1. The number of nitrogens with one attached hydrogen (secondary N) is 3. The molecule has 0 spiro atoms. The van der Waals surface area contributed by atoms with Crippen molar-refractivity contribution < 1.29 is 0 Å². The summed E-state index contributed by atoms with van der Waals surface area (Å²) in [5.41, 5.74) is 3.27. The number of rotatable bonds is 3. The second-order valence-corrected chi connectivity index (χ2v) is 5.39. The lowest BCUT2D eigenvalue weighted by molar-refractivity contribution is 1.06. The van der Waals surface area contributed by atoms with Gasteiger partial charge in [-0.2, -0.15) is 5.10 Å².